The SMILES string of the molecule is N#Cc1ccc2[nH]cc(CN3CCC4(CC3)CN(CCNCc3ccccc3)C(=O)O4)c2c1.O=C(O)C(F)(F)F. The van der Waals surface area contributed by atoms with Gasteiger partial charge in [-0.2, -0.15) is 18.4 Å². The molecule has 0 radical (unpaired) electrons. The second-order valence-corrected chi connectivity index (χ2v) is 9.90. The smallest absolute Gasteiger partial charge is 0.475 e. The Balaban J connectivity index is 0.000000470. The molecule has 12 heteroatoms. The number of piperidine rings is 1. The van der Waals surface area contributed by atoms with Crippen LogP contribution in [-0.2, 0) is 22.6 Å². The summed E-state index contributed by atoms with van der Waals surface area (Å²) >= 11 is 0. The van der Waals surface area contributed by atoms with Crippen molar-refractivity contribution < 1.29 is 32.6 Å². The molecule has 2 aliphatic heterocycles. The molecule has 0 bridgehead atoms. The molecule has 1 aromatic heterocycles. The van der Waals surface area contributed by atoms with Gasteiger partial charge in [0.1, 0.15) is 5.60 Å². The van der Waals surface area contributed by atoms with E-state index in [0.29, 0.717) is 18.7 Å². The zero-order valence-corrected chi connectivity index (χ0v) is 21.7. The van der Waals surface area contributed by atoms with E-state index in [1.165, 1.54) is 11.1 Å². The summed E-state index contributed by atoms with van der Waals surface area (Å²) in [5.41, 5.74) is 3.81. The first-order chi connectivity index (χ1) is 19.1. The molecule has 1 amide bonds. The number of H-pyrrole nitrogens is 1. The zero-order chi connectivity index (χ0) is 28.8. The fourth-order valence-corrected chi connectivity index (χ4v) is 4.91. The number of aromatic amines is 1. The highest BCUT2D eigenvalue weighted by atomic mass is 19.4. The Labute approximate surface area is 229 Å². The van der Waals surface area contributed by atoms with Crippen molar-refractivity contribution in [3.63, 3.8) is 0 Å². The van der Waals surface area contributed by atoms with Gasteiger partial charge in [0, 0.05) is 69.2 Å². The van der Waals surface area contributed by atoms with Crippen LogP contribution in [-0.4, -0.2) is 76.5 Å². The summed E-state index contributed by atoms with van der Waals surface area (Å²) in [6, 6.07) is 18.3. The van der Waals surface area contributed by atoms with E-state index >= 15 is 0 Å². The van der Waals surface area contributed by atoms with Gasteiger partial charge in [-0.05, 0) is 29.3 Å². The number of ether oxygens (including phenoxy) is 1. The number of halogens is 3. The molecule has 3 N–H and O–H groups in total. The topological polar surface area (TPSA) is 122 Å². The molecule has 0 saturated carbocycles. The summed E-state index contributed by atoms with van der Waals surface area (Å²) in [5, 5.41) is 20.9. The third-order valence-corrected chi connectivity index (χ3v) is 7.07. The molecule has 40 heavy (non-hydrogen) atoms. The third-order valence-electron chi connectivity index (χ3n) is 7.07. The van der Waals surface area contributed by atoms with Crippen molar-refractivity contribution in [3.8, 4) is 6.07 Å². The Hall–Kier alpha value is -4.08. The minimum absolute atomic E-state index is 0.189. The average Bonchev–Trinajstić information content (AvgIpc) is 3.47. The van der Waals surface area contributed by atoms with E-state index in [9.17, 15) is 23.2 Å². The van der Waals surface area contributed by atoms with Crippen molar-refractivity contribution >= 4 is 23.0 Å². The number of amides is 1. The summed E-state index contributed by atoms with van der Waals surface area (Å²) in [5.74, 6) is -2.76. The Kier molecular flexibility index (Phi) is 8.96. The number of likely N-dealkylation sites (tertiary alicyclic amines) is 1. The van der Waals surface area contributed by atoms with Gasteiger partial charge in [-0.25, -0.2) is 9.59 Å². The molecule has 0 atom stereocenters. The number of carboxylic acid groups (broad SMARTS) is 1. The summed E-state index contributed by atoms with van der Waals surface area (Å²) in [7, 11) is 0. The highest BCUT2D eigenvalue weighted by Gasteiger charge is 2.46. The number of nitriles is 1. The normalized spacial score (nSPS) is 16.9. The lowest BCUT2D eigenvalue weighted by Crippen LogP contribution is -2.46. The Morgan fingerprint density at radius 1 is 1.18 bits per heavy atom. The number of alkyl halides is 3. The molecule has 5 rings (SSSR count). The molecule has 3 heterocycles. The summed E-state index contributed by atoms with van der Waals surface area (Å²) < 4.78 is 37.6. The maximum atomic E-state index is 12.5. The van der Waals surface area contributed by atoms with Crippen LogP contribution in [0.5, 0.6) is 0 Å². The van der Waals surface area contributed by atoms with Crippen molar-refractivity contribution in [2.75, 3.05) is 32.7 Å². The predicted molar refractivity (Wildman–Crippen MR) is 140 cm³/mol. The van der Waals surface area contributed by atoms with Crippen LogP contribution in [0.4, 0.5) is 18.0 Å². The molecule has 0 aliphatic carbocycles. The van der Waals surface area contributed by atoms with E-state index in [1.54, 1.807) is 0 Å². The van der Waals surface area contributed by atoms with Crippen LogP contribution in [0.25, 0.3) is 10.9 Å². The largest absolute Gasteiger partial charge is 0.490 e. The number of benzene rings is 2. The van der Waals surface area contributed by atoms with Gasteiger partial charge in [0.05, 0.1) is 18.2 Å². The highest BCUT2D eigenvalue weighted by molar-refractivity contribution is 5.84. The molecule has 2 aromatic carbocycles. The molecule has 212 valence electrons. The number of rotatable bonds is 7. The van der Waals surface area contributed by atoms with Gasteiger partial charge in [-0.1, -0.05) is 30.3 Å². The van der Waals surface area contributed by atoms with E-state index < -0.39 is 12.1 Å². The van der Waals surface area contributed by atoms with Crippen LogP contribution in [0.15, 0.2) is 54.7 Å². The van der Waals surface area contributed by atoms with Crippen molar-refractivity contribution in [2.45, 2.75) is 37.7 Å². The van der Waals surface area contributed by atoms with Gasteiger partial charge in [0.2, 0.25) is 0 Å². The molecule has 3 aromatic rings. The Morgan fingerprint density at radius 3 is 2.52 bits per heavy atom. The van der Waals surface area contributed by atoms with Crippen molar-refractivity contribution in [2.24, 2.45) is 0 Å². The molecule has 2 saturated heterocycles. The molecular weight excluding hydrogens is 527 g/mol. The van der Waals surface area contributed by atoms with E-state index in [4.69, 9.17) is 14.6 Å². The molecule has 2 aliphatic rings. The molecular formula is C28H30F3N5O4. The highest BCUT2D eigenvalue weighted by Crippen LogP contribution is 2.34. The van der Waals surface area contributed by atoms with Crippen LogP contribution in [0.1, 0.15) is 29.5 Å². The minimum Gasteiger partial charge on any atom is -0.475 e. The standard InChI is InChI=1S/C26H29N5O2.C2HF3O2/c27-15-21-6-7-24-23(14-21)22(17-29-24)18-30-11-8-26(9-12-30)19-31(25(32)33-26)13-10-28-16-20-4-2-1-3-5-20;3-2(4,5)1(6)7/h1-7,14,17,28-29H,8-13,16,18-19H2;(H,6,7). The number of nitrogens with zero attached hydrogens (tertiary/aromatic N) is 3. The van der Waals surface area contributed by atoms with Gasteiger partial charge in [-0.15, -0.1) is 0 Å². The number of carbonyl (C=O) groups is 2. The quantitative estimate of drug-likeness (QED) is 0.372. The number of aliphatic carboxylic acids is 1. The number of fused-ring (bicyclic) bond motifs is 1. The number of nitrogens with one attached hydrogen (secondary N) is 2. The third kappa shape index (κ3) is 7.31. The Bertz CT molecular complexity index is 1360. The van der Waals surface area contributed by atoms with Crippen LogP contribution in [0, 0.1) is 11.3 Å². The minimum atomic E-state index is -5.08. The van der Waals surface area contributed by atoms with Crippen LogP contribution in [0.3, 0.4) is 0 Å². The average molecular weight is 558 g/mol. The maximum absolute atomic E-state index is 12.5. The lowest BCUT2D eigenvalue weighted by Gasteiger charge is -2.37. The van der Waals surface area contributed by atoms with Crippen LogP contribution < -0.4 is 5.32 Å². The van der Waals surface area contributed by atoms with Crippen LogP contribution >= 0.6 is 0 Å². The second kappa shape index (κ2) is 12.4. The number of hydrogen-bond donors (Lipinski definition) is 3. The van der Waals surface area contributed by atoms with Gasteiger partial charge in [0.25, 0.3) is 0 Å². The maximum Gasteiger partial charge on any atom is 0.490 e. The van der Waals surface area contributed by atoms with Crippen molar-refractivity contribution in [1.82, 2.24) is 20.1 Å². The number of carbonyl (C=O) groups excluding carboxylic acids is 1. The number of carboxylic acids is 1. The molecule has 9 nitrogen and oxygen atoms in total. The van der Waals surface area contributed by atoms with Gasteiger partial charge >= 0.3 is 18.2 Å². The Morgan fingerprint density at radius 2 is 1.88 bits per heavy atom. The monoisotopic (exact) mass is 557 g/mol. The lowest BCUT2D eigenvalue weighted by molar-refractivity contribution is -0.192. The zero-order valence-electron chi connectivity index (χ0n) is 21.7. The summed E-state index contributed by atoms with van der Waals surface area (Å²) in [4.78, 5) is 28.9. The molecule has 0 unspecified atom stereocenters. The van der Waals surface area contributed by atoms with E-state index in [2.05, 4.69) is 33.4 Å². The fourth-order valence-electron chi connectivity index (χ4n) is 4.91. The van der Waals surface area contributed by atoms with E-state index in [0.717, 1.165) is 56.5 Å². The molecule has 2 fully saturated rings. The molecule has 1 spiro atoms. The van der Waals surface area contributed by atoms with Gasteiger partial charge in [0.15, 0.2) is 0 Å². The summed E-state index contributed by atoms with van der Waals surface area (Å²) in [6.07, 6.45) is -1.54. The number of aromatic nitrogens is 1. The van der Waals surface area contributed by atoms with Gasteiger partial charge in [-0.3, -0.25) is 4.90 Å². The second-order valence-electron chi connectivity index (χ2n) is 9.90. The van der Waals surface area contributed by atoms with Gasteiger partial charge < -0.3 is 25.0 Å². The summed E-state index contributed by atoms with van der Waals surface area (Å²) in [6.45, 7) is 5.48. The van der Waals surface area contributed by atoms with Crippen LogP contribution in [0.2, 0.25) is 0 Å². The first kappa shape index (κ1) is 28.9. The van der Waals surface area contributed by atoms with E-state index in [-0.39, 0.29) is 11.7 Å². The first-order valence-electron chi connectivity index (χ1n) is 12.8. The first-order valence-corrected chi connectivity index (χ1v) is 12.8. The van der Waals surface area contributed by atoms with Crippen molar-refractivity contribution in [1.29, 1.82) is 5.26 Å². The van der Waals surface area contributed by atoms with E-state index in [1.807, 2.05) is 47.5 Å². The lowest BCUT2D eigenvalue weighted by atomic mass is 9.91. The number of hydrogen-bond acceptors (Lipinski definition) is 6. The predicted octanol–water partition coefficient (Wildman–Crippen LogP) is 4.25. The fraction of sp³-hybridized carbons (Fsp3) is 0.393. The van der Waals surface area contributed by atoms with Crippen molar-refractivity contribution in [3.05, 3.63) is 71.4 Å².